The van der Waals surface area contributed by atoms with Gasteiger partial charge in [-0.3, -0.25) is 4.79 Å². The Morgan fingerprint density at radius 1 is 1.17 bits per heavy atom. The Morgan fingerprint density at radius 2 is 1.86 bits per heavy atom. The van der Waals surface area contributed by atoms with E-state index in [1.54, 1.807) is 18.4 Å². The minimum absolute atomic E-state index is 0.259. The smallest absolute Gasteiger partial charge is 0.222 e. The van der Waals surface area contributed by atoms with Crippen LogP contribution in [0.4, 0.5) is 5.13 Å². The summed E-state index contributed by atoms with van der Waals surface area (Å²) in [5, 5.41) is 5.68. The van der Waals surface area contributed by atoms with Gasteiger partial charge in [-0.1, -0.05) is 25.2 Å². The molecule has 0 unspecified atom stereocenters. The molecule has 3 heterocycles. The van der Waals surface area contributed by atoms with Gasteiger partial charge in [0.1, 0.15) is 5.75 Å². The molecule has 0 saturated carbocycles. The Kier molecular flexibility index (Phi) is 5.45. The molecule has 3 aromatic rings. The van der Waals surface area contributed by atoms with Crippen LogP contribution in [0.5, 0.6) is 5.75 Å². The number of aromatic nitrogens is 3. The number of fused-ring (bicyclic) bond motifs is 1. The number of nitrogens with zero attached hydrogens (tertiary/aromatic N) is 5. The molecule has 2 aromatic heterocycles. The summed E-state index contributed by atoms with van der Waals surface area (Å²) in [7, 11) is 1.66. The van der Waals surface area contributed by atoms with Crippen LogP contribution in [-0.2, 0) is 4.79 Å². The van der Waals surface area contributed by atoms with Crippen LogP contribution < -0.4 is 9.64 Å². The Bertz CT molecular complexity index is 1000. The molecule has 29 heavy (non-hydrogen) atoms. The molecule has 4 rings (SSSR count). The van der Waals surface area contributed by atoms with E-state index in [0.717, 1.165) is 58.8 Å². The summed E-state index contributed by atoms with van der Waals surface area (Å²) in [6, 6.07) is 7.84. The van der Waals surface area contributed by atoms with E-state index in [2.05, 4.69) is 23.8 Å². The van der Waals surface area contributed by atoms with Crippen molar-refractivity contribution in [1.82, 2.24) is 19.7 Å². The topological polar surface area (TPSA) is 63.5 Å². The first-order chi connectivity index (χ1) is 14.0. The van der Waals surface area contributed by atoms with Gasteiger partial charge in [-0.25, -0.2) is 4.68 Å². The maximum absolute atomic E-state index is 12.3. The van der Waals surface area contributed by atoms with Crippen LogP contribution in [0, 0.1) is 12.8 Å². The molecule has 1 saturated heterocycles. The molecule has 1 amide bonds. The van der Waals surface area contributed by atoms with Crippen LogP contribution >= 0.6 is 11.3 Å². The van der Waals surface area contributed by atoms with E-state index in [4.69, 9.17) is 9.72 Å². The minimum atomic E-state index is 0.259. The lowest BCUT2D eigenvalue weighted by atomic mass is 10.1. The Morgan fingerprint density at radius 3 is 2.48 bits per heavy atom. The maximum atomic E-state index is 12.3. The van der Waals surface area contributed by atoms with Crippen molar-refractivity contribution in [3.63, 3.8) is 0 Å². The highest BCUT2D eigenvalue weighted by Crippen LogP contribution is 2.33. The van der Waals surface area contributed by atoms with Crippen LogP contribution in [0.2, 0.25) is 0 Å². The van der Waals surface area contributed by atoms with Crippen LogP contribution in [0.1, 0.15) is 26.0 Å². The van der Waals surface area contributed by atoms with Crippen molar-refractivity contribution >= 4 is 32.7 Å². The SMILES string of the molecule is COc1ccc(-n2nc(C)c3sc(N4CCN(C(=O)CC(C)C)CC4)nc32)cc1. The number of carbonyl (C=O) groups excluding carboxylic acids is 1. The second kappa shape index (κ2) is 8.02. The summed E-state index contributed by atoms with van der Waals surface area (Å²) in [6.07, 6.45) is 0.623. The molecule has 154 valence electrons. The van der Waals surface area contributed by atoms with Crippen molar-refractivity contribution in [3.8, 4) is 11.4 Å². The van der Waals surface area contributed by atoms with Gasteiger partial charge in [0.15, 0.2) is 10.8 Å². The average Bonchev–Trinajstić information content (AvgIpc) is 3.28. The molecular weight excluding hydrogens is 386 g/mol. The summed E-state index contributed by atoms with van der Waals surface area (Å²) < 4.78 is 8.25. The van der Waals surface area contributed by atoms with E-state index in [9.17, 15) is 4.79 Å². The summed E-state index contributed by atoms with van der Waals surface area (Å²) in [5.41, 5.74) is 2.82. The summed E-state index contributed by atoms with van der Waals surface area (Å²) in [5.74, 6) is 1.47. The quantitative estimate of drug-likeness (QED) is 0.641. The van der Waals surface area contributed by atoms with E-state index in [-0.39, 0.29) is 5.91 Å². The molecule has 1 aliphatic heterocycles. The molecule has 0 atom stereocenters. The number of aryl methyl sites for hydroxylation is 1. The lowest BCUT2D eigenvalue weighted by Gasteiger charge is -2.34. The van der Waals surface area contributed by atoms with Gasteiger partial charge in [0.2, 0.25) is 5.91 Å². The fourth-order valence-corrected chi connectivity index (χ4v) is 4.63. The standard InChI is InChI=1S/C21H27N5O2S/c1-14(2)13-18(27)24-9-11-25(12-10-24)21-22-20-19(29-21)15(3)23-26(20)16-5-7-17(28-4)8-6-16/h5-8,14H,9-13H2,1-4H3. The third-order valence-electron chi connectivity index (χ3n) is 5.18. The number of benzene rings is 1. The largest absolute Gasteiger partial charge is 0.497 e. The number of piperazine rings is 1. The van der Waals surface area contributed by atoms with Gasteiger partial charge in [-0.2, -0.15) is 10.1 Å². The highest BCUT2D eigenvalue weighted by molar-refractivity contribution is 7.22. The van der Waals surface area contributed by atoms with E-state index in [0.29, 0.717) is 12.3 Å². The van der Waals surface area contributed by atoms with E-state index >= 15 is 0 Å². The van der Waals surface area contributed by atoms with Crippen molar-refractivity contribution < 1.29 is 9.53 Å². The van der Waals surface area contributed by atoms with Gasteiger partial charge in [0.05, 0.1) is 23.2 Å². The molecule has 0 aliphatic carbocycles. The minimum Gasteiger partial charge on any atom is -0.497 e. The zero-order valence-electron chi connectivity index (χ0n) is 17.4. The number of ether oxygens (including phenoxy) is 1. The molecule has 0 radical (unpaired) electrons. The van der Waals surface area contributed by atoms with Gasteiger partial charge in [0.25, 0.3) is 0 Å². The van der Waals surface area contributed by atoms with Gasteiger partial charge in [0, 0.05) is 32.6 Å². The number of methoxy groups -OCH3 is 1. The fourth-order valence-electron chi connectivity index (χ4n) is 3.59. The van der Waals surface area contributed by atoms with Crippen LogP contribution in [-0.4, -0.2) is 58.9 Å². The van der Waals surface area contributed by atoms with Gasteiger partial charge in [-0.15, -0.1) is 0 Å². The third kappa shape index (κ3) is 3.94. The van der Waals surface area contributed by atoms with Crippen molar-refractivity contribution in [2.24, 2.45) is 5.92 Å². The molecule has 8 heteroatoms. The summed E-state index contributed by atoms with van der Waals surface area (Å²) in [6.45, 7) is 9.33. The molecule has 1 fully saturated rings. The zero-order valence-corrected chi connectivity index (χ0v) is 18.2. The predicted octanol–water partition coefficient (Wildman–Crippen LogP) is 3.49. The Labute approximate surface area is 174 Å². The lowest BCUT2D eigenvalue weighted by molar-refractivity contribution is -0.132. The monoisotopic (exact) mass is 413 g/mol. The van der Waals surface area contributed by atoms with E-state index in [1.807, 2.05) is 40.8 Å². The van der Waals surface area contributed by atoms with Gasteiger partial charge in [-0.05, 0) is 37.1 Å². The molecule has 1 aromatic carbocycles. The van der Waals surface area contributed by atoms with Crippen LogP contribution in [0.15, 0.2) is 24.3 Å². The normalized spacial score (nSPS) is 14.8. The predicted molar refractivity (Wildman–Crippen MR) is 116 cm³/mol. The first-order valence-corrected chi connectivity index (χ1v) is 10.8. The number of anilines is 1. The molecule has 0 spiro atoms. The summed E-state index contributed by atoms with van der Waals surface area (Å²) >= 11 is 1.68. The number of thiazole rings is 1. The zero-order chi connectivity index (χ0) is 20.5. The van der Waals surface area contributed by atoms with Crippen molar-refractivity contribution in [1.29, 1.82) is 0 Å². The van der Waals surface area contributed by atoms with Crippen molar-refractivity contribution in [3.05, 3.63) is 30.0 Å². The lowest BCUT2D eigenvalue weighted by Crippen LogP contribution is -2.49. The second-order valence-corrected chi connectivity index (χ2v) is 8.79. The summed E-state index contributed by atoms with van der Waals surface area (Å²) in [4.78, 5) is 21.5. The third-order valence-corrected chi connectivity index (χ3v) is 6.39. The van der Waals surface area contributed by atoms with Gasteiger partial charge >= 0.3 is 0 Å². The van der Waals surface area contributed by atoms with Crippen molar-refractivity contribution in [2.45, 2.75) is 27.2 Å². The van der Waals surface area contributed by atoms with Crippen LogP contribution in [0.3, 0.4) is 0 Å². The van der Waals surface area contributed by atoms with Gasteiger partial charge < -0.3 is 14.5 Å². The average molecular weight is 414 g/mol. The second-order valence-electron chi connectivity index (χ2n) is 7.81. The number of carbonyl (C=O) groups is 1. The first-order valence-electron chi connectivity index (χ1n) is 9.99. The molecular formula is C21H27N5O2S. The molecule has 0 N–H and O–H groups in total. The molecule has 1 aliphatic rings. The van der Waals surface area contributed by atoms with Crippen molar-refractivity contribution in [2.75, 3.05) is 38.2 Å². The number of hydrogen-bond acceptors (Lipinski definition) is 6. The number of rotatable bonds is 5. The number of amides is 1. The first kappa shape index (κ1) is 19.7. The number of hydrogen-bond donors (Lipinski definition) is 0. The maximum Gasteiger partial charge on any atom is 0.222 e. The van der Waals surface area contributed by atoms with E-state index < -0.39 is 0 Å². The Balaban J connectivity index is 1.53. The molecule has 0 bridgehead atoms. The molecule has 7 nitrogen and oxygen atoms in total. The fraction of sp³-hybridized carbons (Fsp3) is 0.476. The van der Waals surface area contributed by atoms with E-state index in [1.165, 1.54) is 0 Å². The van der Waals surface area contributed by atoms with Crippen LogP contribution in [0.25, 0.3) is 16.0 Å². The Hall–Kier alpha value is -2.61. The highest BCUT2D eigenvalue weighted by Gasteiger charge is 2.25. The highest BCUT2D eigenvalue weighted by atomic mass is 32.1.